The molecule has 0 spiro atoms. The highest BCUT2D eigenvalue weighted by Gasteiger charge is 2.60. The smallest absolute Gasteiger partial charge is 0.315 e. The lowest BCUT2D eigenvalue weighted by Crippen LogP contribution is -2.52. The molecule has 0 saturated heterocycles. The average Bonchev–Trinajstić information content (AvgIpc) is 3.00. The van der Waals surface area contributed by atoms with Crippen molar-refractivity contribution in [3.8, 4) is 0 Å². The summed E-state index contributed by atoms with van der Waals surface area (Å²) in [5.41, 5.74) is 0.835. The predicted octanol–water partition coefficient (Wildman–Crippen LogP) is 6.64. The molecule has 4 rings (SSSR count). The van der Waals surface area contributed by atoms with Crippen LogP contribution in [-0.2, 0) is 9.53 Å². The minimum atomic E-state index is -0.742. The van der Waals surface area contributed by atoms with E-state index >= 15 is 0 Å². The molecule has 0 aromatic carbocycles. The summed E-state index contributed by atoms with van der Waals surface area (Å²) < 4.78 is 6.17. The van der Waals surface area contributed by atoms with Gasteiger partial charge in [-0.1, -0.05) is 53.9 Å². The molecule has 3 nitrogen and oxygen atoms in total. The number of hydrogen-bond donors (Lipinski definition) is 1. The van der Waals surface area contributed by atoms with Crippen LogP contribution < -0.4 is 0 Å². The van der Waals surface area contributed by atoms with Crippen molar-refractivity contribution >= 4 is 5.97 Å². The number of esters is 1. The molecule has 2 fully saturated rings. The zero-order valence-corrected chi connectivity index (χ0v) is 20.2. The van der Waals surface area contributed by atoms with Crippen LogP contribution in [0, 0.1) is 40.4 Å². The van der Waals surface area contributed by atoms with Gasteiger partial charge >= 0.3 is 5.97 Å². The van der Waals surface area contributed by atoms with Crippen LogP contribution in [0.25, 0.3) is 0 Å². The third kappa shape index (κ3) is 3.57. The Morgan fingerprint density at radius 1 is 1.03 bits per heavy atom. The lowest BCUT2D eigenvalue weighted by atomic mass is 9.53. The van der Waals surface area contributed by atoms with E-state index in [4.69, 9.17) is 4.74 Å². The van der Waals surface area contributed by atoms with Crippen LogP contribution in [0.1, 0.15) is 106 Å². The van der Waals surface area contributed by atoms with Gasteiger partial charge in [0.05, 0.1) is 11.5 Å². The molecule has 0 bridgehead atoms. The summed E-state index contributed by atoms with van der Waals surface area (Å²) in [4.78, 5) is 13.1. The molecule has 0 amide bonds. The monoisotopic (exact) mass is 416 g/mol. The van der Waals surface area contributed by atoms with Crippen molar-refractivity contribution in [3.63, 3.8) is 0 Å². The zero-order valence-electron chi connectivity index (χ0n) is 20.2. The fourth-order valence-corrected chi connectivity index (χ4v) is 7.82. The Kier molecular flexibility index (Phi) is 5.70. The van der Waals surface area contributed by atoms with E-state index in [0.717, 1.165) is 42.8 Å². The second-order valence-corrected chi connectivity index (χ2v) is 12.5. The number of hydrogen-bond acceptors (Lipinski definition) is 3. The fourth-order valence-electron chi connectivity index (χ4n) is 7.82. The van der Waals surface area contributed by atoms with Gasteiger partial charge in [-0.05, 0) is 80.6 Å². The minimum Gasteiger partial charge on any atom is -0.431 e. The molecular weight excluding hydrogens is 372 g/mol. The van der Waals surface area contributed by atoms with Crippen molar-refractivity contribution in [1.29, 1.82) is 0 Å². The van der Waals surface area contributed by atoms with Gasteiger partial charge in [0, 0.05) is 11.3 Å². The van der Waals surface area contributed by atoms with Gasteiger partial charge in [-0.2, -0.15) is 0 Å². The zero-order chi connectivity index (χ0) is 21.9. The van der Waals surface area contributed by atoms with E-state index in [9.17, 15) is 9.90 Å². The molecule has 0 aromatic heterocycles. The van der Waals surface area contributed by atoms with E-state index in [2.05, 4.69) is 34.6 Å². The Hall–Kier alpha value is -0.830. The van der Waals surface area contributed by atoms with E-state index in [1.165, 1.54) is 44.1 Å². The van der Waals surface area contributed by atoms with E-state index in [1.807, 2.05) is 6.92 Å². The minimum absolute atomic E-state index is 0.0751. The van der Waals surface area contributed by atoms with Crippen LogP contribution in [0.4, 0.5) is 0 Å². The normalized spacial score (nSPS) is 44.4. The van der Waals surface area contributed by atoms with Crippen molar-refractivity contribution in [1.82, 2.24) is 0 Å². The highest BCUT2D eigenvalue weighted by Crippen LogP contribution is 2.65. The summed E-state index contributed by atoms with van der Waals surface area (Å²) in [7, 11) is 0. The Morgan fingerprint density at radius 2 is 1.77 bits per heavy atom. The summed E-state index contributed by atoms with van der Waals surface area (Å²) in [6.45, 7) is 13.8. The second-order valence-electron chi connectivity index (χ2n) is 12.5. The third-order valence-corrected chi connectivity index (χ3v) is 9.85. The van der Waals surface area contributed by atoms with Crippen LogP contribution in [0.2, 0.25) is 0 Å². The van der Waals surface area contributed by atoms with Gasteiger partial charge in [0.2, 0.25) is 0 Å². The lowest BCUT2D eigenvalue weighted by Gasteiger charge is -2.54. The Labute approximate surface area is 184 Å². The van der Waals surface area contributed by atoms with Crippen LogP contribution in [0.15, 0.2) is 11.3 Å². The molecule has 0 radical (unpaired) electrons. The van der Waals surface area contributed by atoms with Crippen molar-refractivity contribution in [2.75, 3.05) is 0 Å². The molecule has 1 aliphatic heterocycles. The first-order chi connectivity index (χ1) is 14.0. The molecule has 30 heavy (non-hydrogen) atoms. The summed E-state index contributed by atoms with van der Waals surface area (Å²) in [5, 5.41) is 10.6. The SMILES string of the molecule is CC(C)CCC[C@@H](C)[C@H]1CC[C@H]2C3=C(CC[C@]12C)[C@@]1(C)CC[C@@](C)(O)C[C@@H]1C(=O)O3. The molecule has 170 valence electrons. The molecule has 2 saturated carbocycles. The number of fused-ring (bicyclic) bond motifs is 4. The quantitative estimate of drug-likeness (QED) is 0.511. The van der Waals surface area contributed by atoms with E-state index in [1.54, 1.807) is 0 Å². The highest BCUT2D eigenvalue weighted by atomic mass is 16.5. The Bertz CT molecular complexity index is 720. The first-order valence-electron chi connectivity index (χ1n) is 12.7. The number of carbonyl (C=O) groups is 1. The molecule has 3 aliphatic carbocycles. The predicted molar refractivity (Wildman–Crippen MR) is 121 cm³/mol. The molecule has 1 heterocycles. The van der Waals surface area contributed by atoms with Crippen LogP contribution in [-0.4, -0.2) is 16.7 Å². The third-order valence-electron chi connectivity index (χ3n) is 9.85. The maximum absolute atomic E-state index is 13.1. The van der Waals surface area contributed by atoms with Crippen molar-refractivity contribution < 1.29 is 14.6 Å². The van der Waals surface area contributed by atoms with Crippen LogP contribution >= 0.6 is 0 Å². The van der Waals surface area contributed by atoms with Crippen molar-refractivity contribution in [3.05, 3.63) is 11.3 Å². The van der Waals surface area contributed by atoms with Crippen molar-refractivity contribution in [2.24, 2.45) is 40.4 Å². The van der Waals surface area contributed by atoms with Gasteiger partial charge in [0.15, 0.2) is 0 Å². The van der Waals surface area contributed by atoms with E-state index in [0.29, 0.717) is 12.3 Å². The van der Waals surface area contributed by atoms with Crippen molar-refractivity contribution in [2.45, 2.75) is 111 Å². The summed E-state index contributed by atoms with van der Waals surface area (Å²) >= 11 is 0. The van der Waals surface area contributed by atoms with Gasteiger partial charge in [-0.15, -0.1) is 0 Å². The number of carbonyl (C=O) groups excluding carboxylic acids is 1. The van der Waals surface area contributed by atoms with E-state index < -0.39 is 5.60 Å². The van der Waals surface area contributed by atoms with Gasteiger partial charge in [0.25, 0.3) is 0 Å². The number of allylic oxidation sites excluding steroid dienone is 2. The van der Waals surface area contributed by atoms with Gasteiger partial charge in [0.1, 0.15) is 5.76 Å². The molecular formula is C27H44O3. The molecule has 7 atom stereocenters. The maximum Gasteiger partial charge on any atom is 0.315 e. The summed E-state index contributed by atoms with van der Waals surface area (Å²) in [5.74, 6) is 3.48. The molecule has 3 heteroatoms. The molecule has 1 N–H and O–H groups in total. The topological polar surface area (TPSA) is 46.5 Å². The van der Waals surface area contributed by atoms with Gasteiger partial charge in [-0.25, -0.2) is 0 Å². The van der Waals surface area contributed by atoms with Gasteiger partial charge in [-0.3, -0.25) is 4.79 Å². The number of ether oxygens (including phenoxy) is 1. The molecule has 0 aromatic rings. The first kappa shape index (κ1) is 22.4. The molecule has 0 unspecified atom stereocenters. The maximum atomic E-state index is 13.1. The first-order valence-corrected chi connectivity index (χ1v) is 12.7. The largest absolute Gasteiger partial charge is 0.431 e. The Morgan fingerprint density at radius 3 is 2.47 bits per heavy atom. The number of rotatable bonds is 5. The number of aliphatic hydroxyl groups is 1. The average molecular weight is 417 g/mol. The summed E-state index contributed by atoms with van der Waals surface area (Å²) in [6.07, 6.45) is 10.9. The fraction of sp³-hybridized carbons (Fsp3) is 0.889. The van der Waals surface area contributed by atoms with Crippen LogP contribution in [0.5, 0.6) is 0 Å². The standard InChI is InChI=1S/C27H44O3/c1-17(2)8-7-9-18(3)19-10-11-20-23-21(12-13-26(19,20)5)27(6)15-14-25(4,29)16-22(27)24(28)30-23/h17-20,22,29H,7-16H2,1-6H3/t18-,19-,20+,22-,25-,26-,27-/m1/s1. The van der Waals surface area contributed by atoms with Gasteiger partial charge < -0.3 is 9.84 Å². The van der Waals surface area contributed by atoms with E-state index in [-0.39, 0.29) is 22.7 Å². The lowest BCUT2D eigenvalue weighted by molar-refractivity contribution is -0.163. The Balaban J connectivity index is 1.57. The van der Waals surface area contributed by atoms with Crippen LogP contribution in [0.3, 0.4) is 0 Å². The summed E-state index contributed by atoms with van der Waals surface area (Å²) in [6, 6.07) is 0. The highest BCUT2D eigenvalue weighted by molar-refractivity contribution is 5.77. The molecule has 4 aliphatic rings. The second kappa shape index (κ2) is 7.64.